The Morgan fingerprint density at radius 2 is 1.97 bits per heavy atom. The molecule has 0 aliphatic carbocycles. The highest BCUT2D eigenvalue weighted by Gasteiger charge is 2.32. The summed E-state index contributed by atoms with van der Waals surface area (Å²) in [7, 11) is -0.347. The second kappa shape index (κ2) is 10.5. The molecule has 1 aliphatic heterocycles. The topological polar surface area (TPSA) is 131 Å². The number of likely N-dealkylation sites (N-methyl/N-ethyl adjacent to an activating group) is 1. The van der Waals surface area contributed by atoms with Crippen LogP contribution in [0.3, 0.4) is 0 Å². The molecule has 1 N–H and O–H groups in total. The first-order valence-corrected chi connectivity index (χ1v) is 12.6. The van der Waals surface area contributed by atoms with Crippen LogP contribution in [-0.2, 0) is 14.8 Å². The highest BCUT2D eigenvalue weighted by Crippen LogP contribution is 2.27. The van der Waals surface area contributed by atoms with Gasteiger partial charge in [-0.15, -0.1) is 0 Å². The van der Waals surface area contributed by atoms with Crippen LogP contribution in [0.15, 0.2) is 35.0 Å². The van der Waals surface area contributed by atoms with Crippen molar-refractivity contribution >= 4 is 27.5 Å². The van der Waals surface area contributed by atoms with E-state index < -0.39 is 22.0 Å². The SMILES string of the molecule is CO[C@H]1CN(C)C(=O)c2ccc(NC(=O)c3ccno3)cc2OC[C@@H](C)N(S(C)(=O)=O)C[C@H]1C. The molecular formula is C22H30N4O7S. The number of methoxy groups -OCH3 is 1. The molecule has 34 heavy (non-hydrogen) atoms. The molecule has 186 valence electrons. The second-order valence-electron chi connectivity index (χ2n) is 8.47. The summed E-state index contributed by atoms with van der Waals surface area (Å²) in [6.45, 7) is 4.10. The van der Waals surface area contributed by atoms with Crippen molar-refractivity contribution in [3.8, 4) is 5.75 Å². The van der Waals surface area contributed by atoms with Gasteiger partial charge in [0.15, 0.2) is 0 Å². The number of ether oxygens (including phenoxy) is 2. The van der Waals surface area contributed by atoms with Gasteiger partial charge in [0, 0.05) is 45.1 Å². The van der Waals surface area contributed by atoms with Crippen molar-refractivity contribution in [3.63, 3.8) is 0 Å². The lowest BCUT2D eigenvalue weighted by Crippen LogP contribution is -2.48. The summed E-state index contributed by atoms with van der Waals surface area (Å²) in [5.74, 6) is -0.727. The second-order valence-corrected chi connectivity index (χ2v) is 10.4. The number of amides is 2. The minimum absolute atomic E-state index is 0.000929. The third-order valence-corrected chi connectivity index (χ3v) is 7.10. The number of aromatic nitrogens is 1. The van der Waals surface area contributed by atoms with Gasteiger partial charge >= 0.3 is 0 Å². The number of carbonyl (C=O) groups excluding carboxylic acids is 2. The Morgan fingerprint density at radius 3 is 2.59 bits per heavy atom. The van der Waals surface area contributed by atoms with Crippen LogP contribution in [0.5, 0.6) is 5.75 Å². The maximum atomic E-state index is 13.2. The van der Waals surface area contributed by atoms with E-state index >= 15 is 0 Å². The van der Waals surface area contributed by atoms with Crippen LogP contribution >= 0.6 is 0 Å². The Bertz CT molecular complexity index is 1120. The van der Waals surface area contributed by atoms with E-state index in [1.165, 1.54) is 27.5 Å². The molecule has 12 heteroatoms. The summed E-state index contributed by atoms with van der Waals surface area (Å²) in [6.07, 6.45) is 2.13. The highest BCUT2D eigenvalue weighted by molar-refractivity contribution is 7.88. The summed E-state index contributed by atoms with van der Waals surface area (Å²) < 4.78 is 42.8. The van der Waals surface area contributed by atoms with Crippen molar-refractivity contribution in [2.45, 2.75) is 26.0 Å². The fraction of sp³-hybridized carbons (Fsp3) is 0.500. The Balaban J connectivity index is 1.97. The van der Waals surface area contributed by atoms with Crippen molar-refractivity contribution in [1.82, 2.24) is 14.4 Å². The van der Waals surface area contributed by atoms with Crippen LogP contribution in [0.2, 0.25) is 0 Å². The number of benzene rings is 1. The lowest BCUT2D eigenvalue weighted by atomic mass is 10.0. The van der Waals surface area contributed by atoms with Crippen LogP contribution in [0.25, 0.3) is 0 Å². The molecule has 0 saturated heterocycles. The maximum Gasteiger partial charge on any atom is 0.294 e. The van der Waals surface area contributed by atoms with Crippen molar-refractivity contribution in [1.29, 1.82) is 0 Å². The third-order valence-electron chi connectivity index (χ3n) is 5.74. The summed E-state index contributed by atoms with van der Waals surface area (Å²) in [5, 5.41) is 6.18. The fourth-order valence-electron chi connectivity index (χ4n) is 3.80. The molecule has 0 unspecified atom stereocenters. The van der Waals surface area contributed by atoms with Crippen molar-refractivity contribution in [3.05, 3.63) is 41.8 Å². The smallest absolute Gasteiger partial charge is 0.294 e. The number of rotatable bonds is 4. The Labute approximate surface area is 199 Å². The summed E-state index contributed by atoms with van der Waals surface area (Å²) in [6, 6.07) is 5.57. The molecule has 0 spiro atoms. The van der Waals surface area contributed by atoms with E-state index in [1.54, 1.807) is 33.2 Å². The number of carbonyl (C=O) groups is 2. The standard InChI is InChI=1S/C22H30N4O7S/c1-14-11-26(34(5,29)30)15(2)13-32-19-10-16(24-21(27)18-8-9-23-33-18)6-7-17(19)22(28)25(3)12-20(14)31-4/h6-10,14-15,20H,11-13H2,1-5H3,(H,24,27)/t14-,15-,20+/m1/s1. The Hall–Kier alpha value is -2.96. The molecule has 0 fully saturated rings. The maximum absolute atomic E-state index is 13.2. The van der Waals surface area contributed by atoms with E-state index in [2.05, 4.69) is 10.5 Å². The van der Waals surface area contributed by atoms with Crippen molar-refractivity contribution < 1.29 is 32.0 Å². The number of hydrogen-bond donors (Lipinski definition) is 1. The summed E-state index contributed by atoms with van der Waals surface area (Å²) in [4.78, 5) is 27.1. The quantitative estimate of drug-likeness (QED) is 0.679. The van der Waals surface area contributed by atoms with E-state index in [0.717, 1.165) is 6.26 Å². The average Bonchev–Trinajstić information content (AvgIpc) is 3.32. The van der Waals surface area contributed by atoms with Gasteiger partial charge in [0.1, 0.15) is 12.4 Å². The van der Waals surface area contributed by atoms with Crippen LogP contribution in [-0.4, -0.2) is 86.8 Å². The predicted molar refractivity (Wildman–Crippen MR) is 124 cm³/mol. The molecule has 1 aromatic carbocycles. The predicted octanol–water partition coefficient (Wildman–Crippen LogP) is 1.69. The van der Waals surface area contributed by atoms with Gasteiger partial charge in [0.05, 0.1) is 30.2 Å². The van der Waals surface area contributed by atoms with Gasteiger partial charge in [-0.2, -0.15) is 4.31 Å². The number of hydrogen-bond acceptors (Lipinski definition) is 8. The summed E-state index contributed by atoms with van der Waals surface area (Å²) in [5.41, 5.74) is 0.653. The number of nitrogens with one attached hydrogen (secondary N) is 1. The number of fused-ring (bicyclic) bond motifs is 1. The minimum Gasteiger partial charge on any atom is -0.491 e. The third kappa shape index (κ3) is 5.93. The lowest BCUT2D eigenvalue weighted by Gasteiger charge is -2.34. The van der Waals surface area contributed by atoms with Gasteiger partial charge in [-0.05, 0) is 25.0 Å². The minimum atomic E-state index is -3.54. The van der Waals surface area contributed by atoms with Gasteiger partial charge in [0.25, 0.3) is 11.8 Å². The van der Waals surface area contributed by atoms with E-state index in [0.29, 0.717) is 5.69 Å². The number of sulfonamides is 1. The van der Waals surface area contributed by atoms with Crippen LogP contribution in [0.1, 0.15) is 34.8 Å². The first kappa shape index (κ1) is 25.7. The Morgan fingerprint density at radius 1 is 1.24 bits per heavy atom. The number of anilines is 1. The molecule has 2 heterocycles. The molecule has 0 saturated carbocycles. The zero-order valence-corrected chi connectivity index (χ0v) is 20.7. The van der Waals surface area contributed by atoms with Gasteiger partial charge in [-0.3, -0.25) is 9.59 Å². The molecule has 0 bridgehead atoms. The first-order valence-electron chi connectivity index (χ1n) is 10.7. The molecule has 11 nitrogen and oxygen atoms in total. The molecule has 2 aromatic rings. The molecule has 1 aromatic heterocycles. The molecule has 3 atom stereocenters. The largest absolute Gasteiger partial charge is 0.491 e. The van der Waals surface area contributed by atoms with Crippen LogP contribution < -0.4 is 10.1 Å². The van der Waals surface area contributed by atoms with Crippen LogP contribution in [0, 0.1) is 5.92 Å². The van der Waals surface area contributed by atoms with E-state index in [1.807, 2.05) is 6.92 Å². The van der Waals surface area contributed by atoms with Gasteiger partial charge in [0.2, 0.25) is 15.8 Å². The highest BCUT2D eigenvalue weighted by atomic mass is 32.2. The fourth-order valence-corrected chi connectivity index (χ4v) is 5.02. The normalized spacial score (nSPS) is 22.8. The van der Waals surface area contributed by atoms with Crippen LogP contribution in [0.4, 0.5) is 5.69 Å². The number of nitrogens with zero attached hydrogens (tertiary/aromatic N) is 3. The molecule has 1 aliphatic rings. The van der Waals surface area contributed by atoms with Gasteiger partial charge < -0.3 is 24.2 Å². The average molecular weight is 495 g/mol. The molecular weight excluding hydrogens is 464 g/mol. The van der Waals surface area contributed by atoms with E-state index in [9.17, 15) is 18.0 Å². The first-order chi connectivity index (χ1) is 16.0. The zero-order chi connectivity index (χ0) is 25.0. The van der Waals surface area contributed by atoms with Crippen molar-refractivity contribution in [2.75, 3.05) is 45.4 Å². The monoisotopic (exact) mass is 494 g/mol. The Kier molecular flexibility index (Phi) is 7.95. The van der Waals surface area contributed by atoms with E-state index in [-0.39, 0.29) is 54.7 Å². The summed E-state index contributed by atoms with van der Waals surface area (Å²) >= 11 is 0. The van der Waals surface area contributed by atoms with E-state index in [4.69, 9.17) is 14.0 Å². The lowest BCUT2D eigenvalue weighted by molar-refractivity contribution is 0.0213. The zero-order valence-electron chi connectivity index (χ0n) is 19.8. The molecule has 0 radical (unpaired) electrons. The van der Waals surface area contributed by atoms with Crippen molar-refractivity contribution in [2.24, 2.45) is 5.92 Å². The van der Waals surface area contributed by atoms with Gasteiger partial charge in [-0.1, -0.05) is 12.1 Å². The molecule has 2 amide bonds. The van der Waals surface area contributed by atoms with Gasteiger partial charge in [-0.25, -0.2) is 8.42 Å². The molecule has 3 rings (SSSR count).